The summed E-state index contributed by atoms with van der Waals surface area (Å²) in [6.07, 6.45) is -0.242. The minimum absolute atomic E-state index is 0.115. The number of urea groups is 1. The summed E-state index contributed by atoms with van der Waals surface area (Å²) >= 11 is 0. The van der Waals surface area contributed by atoms with Crippen LogP contribution in [0.4, 0.5) is 4.79 Å². The predicted octanol–water partition coefficient (Wildman–Crippen LogP) is 1.05. The first kappa shape index (κ1) is 29.3. The number of amides is 5. The Morgan fingerprint density at radius 1 is 0.865 bits per heavy atom. The Morgan fingerprint density at radius 2 is 1.43 bits per heavy atom. The molecule has 0 radical (unpaired) electrons. The lowest BCUT2D eigenvalue weighted by atomic mass is 10.0. The van der Waals surface area contributed by atoms with Gasteiger partial charge in [0.15, 0.2) is 0 Å². The monoisotopic (exact) mass is 513 g/mol. The summed E-state index contributed by atoms with van der Waals surface area (Å²) in [6.45, 7) is 4.75. The highest BCUT2D eigenvalue weighted by molar-refractivity contribution is 5.98. The fraction of sp³-hybridized carbons (Fsp3) is 0.385. The van der Waals surface area contributed by atoms with Crippen LogP contribution in [0.3, 0.4) is 0 Å². The van der Waals surface area contributed by atoms with Crippen molar-refractivity contribution in [1.82, 2.24) is 26.3 Å². The maximum absolute atomic E-state index is 12.7. The Bertz CT molecular complexity index is 1060. The average molecular weight is 514 g/mol. The molecule has 6 N–H and O–H groups in total. The summed E-state index contributed by atoms with van der Waals surface area (Å²) in [4.78, 5) is 47.8. The molecule has 0 bridgehead atoms. The van der Waals surface area contributed by atoms with Gasteiger partial charge in [-0.25, -0.2) is 9.86 Å². The Morgan fingerprint density at radius 3 is 1.97 bits per heavy atom. The van der Waals surface area contributed by atoms with Crippen LogP contribution in [0.2, 0.25) is 0 Å². The van der Waals surface area contributed by atoms with E-state index in [1.165, 1.54) is 19.4 Å². The van der Waals surface area contributed by atoms with E-state index in [2.05, 4.69) is 40.3 Å². The van der Waals surface area contributed by atoms with Crippen LogP contribution in [-0.2, 0) is 16.0 Å². The summed E-state index contributed by atoms with van der Waals surface area (Å²) in [5.74, 6) is -1.45. The fourth-order valence-electron chi connectivity index (χ4n) is 3.37. The van der Waals surface area contributed by atoms with Crippen molar-refractivity contribution in [3.8, 4) is 11.1 Å². The Labute approximate surface area is 216 Å². The van der Waals surface area contributed by atoms with Gasteiger partial charge in [-0.05, 0) is 42.2 Å². The quantitative estimate of drug-likeness (QED) is 0.141. The van der Waals surface area contributed by atoms with Crippen LogP contribution < -0.4 is 21.3 Å². The number of nitrogens with zero attached hydrogens (tertiary/aromatic N) is 1. The molecule has 0 aliphatic heterocycles. The van der Waals surface area contributed by atoms with Gasteiger partial charge in [0.1, 0.15) is 6.04 Å². The van der Waals surface area contributed by atoms with Crippen LogP contribution in [0.1, 0.15) is 36.7 Å². The van der Waals surface area contributed by atoms with Crippen LogP contribution in [0.25, 0.3) is 11.1 Å². The number of nitrogens with one attached hydrogen (secondary N) is 4. The molecular weight excluding hydrogens is 478 g/mol. The Kier molecular flexibility index (Phi) is 11.5. The standard InChI is InChI=1S/C26H35N5O6/c1-4-19-5-7-20(8-6-19)21-9-11-22(12-10-21)24(34)30-23(17(2)32)25(35)28-15-16-31(37)26(36)29-14-13-27-18(3)33/h5-12,17,23,32,37H,4,13-16H2,1-3H3,(H,27,33)(H,28,35)(H,29,36)(H,30,34)/t17-,23+/m1/s1. The smallest absolute Gasteiger partial charge is 0.341 e. The van der Waals surface area contributed by atoms with Gasteiger partial charge in [0.05, 0.1) is 12.6 Å². The van der Waals surface area contributed by atoms with E-state index in [9.17, 15) is 29.5 Å². The zero-order chi connectivity index (χ0) is 27.4. The molecule has 0 saturated carbocycles. The second-order valence-corrected chi connectivity index (χ2v) is 8.45. The van der Waals surface area contributed by atoms with E-state index in [1.807, 2.05) is 24.3 Å². The Hall–Kier alpha value is -3.96. The van der Waals surface area contributed by atoms with Crippen molar-refractivity contribution in [3.63, 3.8) is 0 Å². The lowest BCUT2D eigenvalue weighted by molar-refractivity contribution is -0.125. The third-order valence-corrected chi connectivity index (χ3v) is 5.53. The third-order valence-electron chi connectivity index (χ3n) is 5.53. The summed E-state index contributed by atoms with van der Waals surface area (Å²) in [6, 6.07) is 13.0. The SMILES string of the molecule is CCc1ccc(-c2ccc(C(=O)N[C@H](C(=O)NCCN(O)C(=O)NCCNC(C)=O)[C@@H](C)O)cc2)cc1. The molecule has 0 saturated heterocycles. The molecule has 2 aromatic rings. The normalized spacial score (nSPS) is 12.1. The predicted molar refractivity (Wildman–Crippen MR) is 138 cm³/mol. The molecule has 0 unspecified atom stereocenters. The minimum Gasteiger partial charge on any atom is -0.391 e. The van der Waals surface area contributed by atoms with E-state index in [-0.39, 0.29) is 32.1 Å². The van der Waals surface area contributed by atoms with Crippen molar-refractivity contribution in [1.29, 1.82) is 0 Å². The topological polar surface area (TPSA) is 160 Å². The molecule has 0 spiro atoms. The molecule has 0 heterocycles. The van der Waals surface area contributed by atoms with Crippen molar-refractivity contribution in [2.24, 2.45) is 0 Å². The van der Waals surface area contributed by atoms with Gasteiger partial charge in [-0.1, -0.05) is 43.3 Å². The Balaban J connectivity index is 1.86. The summed E-state index contributed by atoms with van der Waals surface area (Å²) in [5, 5.41) is 30.1. The molecule has 2 atom stereocenters. The highest BCUT2D eigenvalue weighted by Crippen LogP contribution is 2.20. The summed E-state index contributed by atoms with van der Waals surface area (Å²) < 4.78 is 0. The lowest BCUT2D eigenvalue weighted by Gasteiger charge is -2.22. The van der Waals surface area contributed by atoms with Crippen molar-refractivity contribution in [3.05, 3.63) is 59.7 Å². The number of aliphatic hydroxyl groups excluding tert-OH is 1. The van der Waals surface area contributed by atoms with E-state index < -0.39 is 30.0 Å². The molecule has 0 aliphatic carbocycles. The molecule has 0 aliphatic rings. The number of rotatable bonds is 12. The van der Waals surface area contributed by atoms with Crippen LogP contribution in [0.15, 0.2) is 48.5 Å². The number of aryl methyl sites for hydroxylation is 1. The first-order valence-corrected chi connectivity index (χ1v) is 12.1. The van der Waals surface area contributed by atoms with Crippen molar-refractivity contribution in [2.75, 3.05) is 26.2 Å². The van der Waals surface area contributed by atoms with Crippen molar-refractivity contribution >= 4 is 23.8 Å². The third kappa shape index (κ3) is 9.54. The lowest BCUT2D eigenvalue weighted by Crippen LogP contribution is -2.53. The van der Waals surface area contributed by atoms with Gasteiger partial charge in [-0.3, -0.25) is 19.6 Å². The molecule has 2 aromatic carbocycles. The zero-order valence-corrected chi connectivity index (χ0v) is 21.3. The molecule has 11 heteroatoms. The first-order chi connectivity index (χ1) is 17.6. The van der Waals surface area contributed by atoms with E-state index >= 15 is 0 Å². The number of hydroxylamine groups is 2. The maximum atomic E-state index is 12.7. The molecule has 0 fully saturated rings. The van der Waals surface area contributed by atoms with Gasteiger partial charge in [0, 0.05) is 32.1 Å². The number of hydrogen-bond acceptors (Lipinski definition) is 6. The van der Waals surface area contributed by atoms with Gasteiger partial charge >= 0.3 is 6.03 Å². The van der Waals surface area contributed by atoms with Crippen LogP contribution in [-0.4, -0.2) is 77.5 Å². The molecule has 200 valence electrons. The molecule has 37 heavy (non-hydrogen) atoms. The fourth-order valence-corrected chi connectivity index (χ4v) is 3.37. The van der Waals surface area contributed by atoms with Crippen LogP contribution >= 0.6 is 0 Å². The number of aliphatic hydroxyl groups is 1. The van der Waals surface area contributed by atoms with E-state index in [0.717, 1.165) is 17.5 Å². The maximum Gasteiger partial charge on any atom is 0.341 e. The molecule has 0 aromatic heterocycles. The molecule has 2 rings (SSSR count). The molecular formula is C26H35N5O6. The van der Waals surface area contributed by atoms with Crippen LogP contribution in [0, 0.1) is 0 Å². The van der Waals surface area contributed by atoms with E-state index in [4.69, 9.17) is 0 Å². The second kappa shape index (κ2) is 14.6. The van der Waals surface area contributed by atoms with Gasteiger partial charge in [-0.2, -0.15) is 0 Å². The highest BCUT2D eigenvalue weighted by Gasteiger charge is 2.26. The van der Waals surface area contributed by atoms with Gasteiger partial charge in [0.2, 0.25) is 11.8 Å². The van der Waals surface area contributed by atoms with Gasteiger partial charge in [-0.15, -0.1) is 0 Å². The van der Waals surface area contributed by atoms with Gasteiger partial charge in [0.25, 0.3) is 5.91 Å². The van der Waals surface area contributed by atoms with E-state index in [1.54, 1.807) is 12.1 Å². The minimum atomic E-state index is -1.24. The summed E-state index contributed by atoms with van der Waals surface area (Å²) in [7, 11) is 0. The summed E-state index contributed by atoms with van der Waals surface area (Å²) in [5.41, 5.74) is 3.52. The van der Waals surface area contributed by atoms with Crippen molar-refractivity contribution in [2.45, 2.75) is 39.3 Å². The average Bonchev–Trinajstić information content (AvgIpc) is 2.89. The second-order valence-electron chi connectivity index (χ2n) is 8.45. The molecule has 11 nitrogen and oxygen atoms in total. The van der Waals surface area contributed by atoms with Crippen molar-refractivity contribution < 1.29 is 29.5 Å². The first-order valence-electron chi connectivity index (χ1n) is 12.1. The number of benzene rings is 2. The highest BCUT2D eigenvalue weighted by atomic mass is 16.5. The van der Waals surface area contributed by atoms with E-state index in [0.29, 0.717) is 10.6 Å². The largest absolute Gasteiger partial charge is 0.391 e. The van der Waals surface area contributed by atoms with Gasteiger partial charge < -0.3 is 26.4 Å². The number of hydrogen-bond donors (Lipinski definition) is 6. The zero-order valence-electron chi connectivity index (χ0n) is 21.3. The number of carbonyl (C=O) groups is 4. The van der Waals surface area contributed by atoms with Crippen LogP contribution in [0.5, 0.6) is 0 Å². The number of carbonyl (C=O) groups excluding carboxylic acids is 4. The molecule has 5 amide bonds.